The van der Waals surface area contributed by atoms with Gasteiger partial charge in [-0.05, 0) is 44.5 Å². The maximum atomic E-state index is 12.3. The van der Waals surface area contributed by atoms with E-state index in [0.717, 1.165) is 11.1 Å². The fraction of sp³-hybridized carbons (Fsp3) is 0.312. The van der Waals surface area contributed by atoms with Crippen LogP contribution in [0.3, 0.4) is 0 Å². The first-order chi connectivity index (χ1) is 10.4. The molecule has 6 nitrogen and oxygen atoms in total. The van der Waals surface area contributed by atoms with Gasteiger partial charge < -0.3 is 9.57 Å². The number of hydrogen-bond donors (Lipinski definition) is 0. The molecule has 0 spiro atoms. The molecule has 0 aliphatic rings. The number of hydrogen-bond acceptors (Lipinski definition) is 5. The molecule has 6 heteroatoms. The largest absolute Gasteiger partial charge is 0.443 e. The maximum Gasteiger partial charge on any atom is 0.419 e. The lowest BCUT2D eigenvalue weighted by atomic mass is 10.1. The van der Waals surface area contributed by atoms with E-state index in [-0.39, 0.29) is 0 Å². The number of pyridine rings is 1. The van der Waals surface area contributed by atoms with E-state index in [9.17, 15) is 4.79 Å². The lowest BCUT2D eigenvalue weighted by molar-refractivity contribution is 0.0537. The Morgan fingerprint density at radius 2 is 1.95 bits per heavy atom. The third-order valence-electron chi connectivity index (χ3n) is 2.74. The first-order valence-electron chi connectivity index (χ1n) is 6.83. The van der Waals surface area contributed by atoms with Gasteiger partial charge in [0.05, 0.1) is 11.9 Å². The Labute approximate surface area is 129 Å². The van der Waals surface area contributed by atoms with Crippen LogP contribution in [0.4, 0.5) is 4.79 Å². The molecule has 0 atom stereocenters. The van der Waals surface area contributed by atoms with Gasteiger partial charge in [0, 0.05) is 24.2 Å². The Morgan fingerprint density at radius 3 is 2.55 bits per heavy atom. The molecule has 2 aromatic heterocycles. The smallest absolute Gasteiger partial charge is 0.419 e. The Hall–Kier alpha value is -2.63. The summed E-state index contributed by atoms with van der Waals surface area (Å²) in [5, 5.41) is 3.72. The zero-order chi connectivity index (χ0) is 16.2. The molecule has 0 N–H and O–H groups in total. The second kappa shape index (κ2) is 6.43. The van der Waals surface area contributed by atoms with E-state index in [4.69, 9.17) is 9.57 Å². The quantitative estimate of drug-likeness (QED) is 0.644. The van der Waals surface area contributed by atoms with Crippen LogP contribution in [0.25, 0.3) is 11.1 Å². The molecule has 0 radical (unpaired) electrons. The van der Waals surface area contributed by atoms with Crippen molar-refractivity contribution in [2.24, 2.45) is 5.16 Å². The van der Waals surface area contributed by atoms with Crippen molar-refractivity contribution in [3.63, 3.8) is 0 Å². The number of aromatic nitrogens is 2. The van der Waals surface area contributed by atoms with Gasteiger partial charge in [-0.3, -0.25) is 9.55 Å². The number of ether oxygens (including phenoxy) is 1. The summed E-state index contributed by atoms with van der Waals surface area (Å²) >= 11 is 0. The van der Waals surface area contributed by atoms with Crippen molar-refractivity contribution in [3.8, 4) is 11.1 Å². The Balaban J connectivity index is 2.41. The molecule has 0 fully saturated rings. The van der Waals surface area contributed by atoms with Crippen molar-refractivity contribution in [2.75, 3.05) is 7.11 Å². The van der Waals surface area contributed by atoms with Crippen LogP contribution in [0.15, 0.2) is 41.9 Å². The van der Waals surface area contributed by atoms with Gasteiger partial charge in [-0.1, -0.05) is 5.16 Å². The molecule has 2 aromatic rings. The van der Waals surface area contributed by atoms with E-state index >= 15 is 0 Å². The standard InChI is InChI=1S/C16H19N3O3/c1-16(2,3)22-15(20)19-11-13(9-14(19)10-18-21-4)12-5-7-17-8-6-12/h5-11H,1-4H3. The van der Waals surface area contributed by atoms with Crippen LogP contribution in [-0.2, 0) is 9.57 Å². The highest BCUT2D eigenvalue weighted by Crippen LogP contribution is 2.22. The highest BCUT2D eigenvalue weighted by Gasteiger charge is 2.20. The first-order valence-corrected chi connectivity index (χ1v) is 6.83. The van der Waals surface area contributed by atoms with Gasteiger partial charge in [0.2, 0.25) is 0 Å². The van der Waals surface area contributed by atoms with Crippen LogP contribution >= 0.6 is 0 Å². The molecular formula is C16H19N3O3. The highest BCUT2D eigenvalue weighted by molar-refractivity contribution is 5.88. The summed E-state index contributed by atoms with van der Waals surface area (Å²) in [4.78, 5) is 21.0. The van der Waals surface area contributed by atoms with E-state index in [1.54, 1.807) is 18.6 Å². The number of nitrogens with zero attached hydrogens (tertiary/aromatic N) is 3. The predicted octanol–water partition coefficient (Wildman–Crippen LogP) is 3.31. The molecule has 0 aromatic carbocycles. The molecule has 0 aliphatic heterocycles. The van der Waals surface area contributed by atoms with Crippen LogP contribution in [0, 0.1) is 0 Å². The Bertz CT molecular complexity index is 670. The molecular weight excluding hydrogens is 282 g/mol. The van der Waals surface area contributed by atoms with Crippen molar-refractivity contribution in [2.45, 2.75) is 26.4 Å². The van der Waals surface area contributed by atoms with Crippen LogP contribution < -0.4 is 0 Å². The van der Waals surface area contributed by atoms with Crippen molar-refractivity contribution >= 4 is 12.3 Å². The third kappa shape index (κ3) is 3.94. The minimum absolute atomic E-state index is 0.467. The summed E-state index contributed by atoms with van der Waals surface area (Å²) in [7, 11) is 1.45. The number of carbonyl (C=O) groups excluding carboxylic acids is 1. The molecule has 2 rings (SSSR count). The lowest BCUT2D eigenvalue weighted by Gasteiger charge is -2.19. The van der Waals surface area contributed by atoms with Crippen LogP contribution in [0.5, 0.6) is 0 Å². The van der Waals surface area contributed by atoms with Gasteiger partial charge in [-0.25, -0.2) is 4.79 Å². The molecule has 0 bridgehead atoms. The van der Waals surface area contributed by atoms with Gasteiger partial charge in [0.15, 0.2) is 0 Å². The zero-order valence-electron chi connectivity index (χ0n) is 13.1. The summed E-state index contributed by atoms with van der Waals surface area (Å²) in [6.45, 7) is 5.46. The van der Waals surface area contributed by atoms with Crippen LogP contribution in [0.1, 0.15) is 26.5 Å². The number of oxime groups is 1. The Kier molecular flexibility index (Phi) is 4.60. The molecule has 2 heterocycles. The normalized spacial score (nSPS) is 11.6. The van der Waals surface area contributed by atoms with Crippen LogP contribution in [0.2, 0.25) is 0 Å². The second-order valence-corrected chi connectivity index (χ2v) is 5.66. The van der Waals surface area contributed by atoms with Crippen molar-refractivity contribution in [1.29, 1.82) is 0 Å². The van der Waals surface area contributed by atoms with E-state index in [2.05, 4.69) is 10.1 Å². The predicted molar refractivity (Wildman–Crippen MR) is 83.9 cm³/mol. The molecule has 0 saturated heterocycles. The van der Waals surface area contributed by atoms with Crippen molar-refractivity contribution in [3.05, 3.63) is 42.5 Å². The van der Waals surface area contributed by atoms with Gasteiger partial charge in [-0.2, -0.15) is 0 Å². The summed E-state index contributed by atoms with van der Waals surface area (Å²) in [5.74, 6) is 0. The number of rotatable bonds is 3. The van der Waals surface area contributed by atoms with E-state index in [1.165, 1.54) is 17.9 Å². The van der Waals surface area contributed by atoms with Gasteiger partial charge >= 0.3 is 6.09 Å². The average molecular weight is 301 g/mol. The third-order valence-corrected chi connectivity index (χ3v) is 2.74. The first kappa shape index (κ1) is 15.8. The molecule has 0 unspecified atom stereocenters. The van der Waals surface area contributed by atoms with Gasteiger partial charge in [-0.15, -0.1) is 0 Å². The second-order valence-electron chi connectivity index (χ2n) is 5.66. The highest BCUT2D eigenvalue weighted by atomic mass is 16.6. The Morgan fingerprint density at radius 1 is 1.27 bits per heavy atom. The fourth-order valence-corrected chi connectivity index (χ4v) is 1.86. The SMILES string of the molecule is CON=Cc1cc(-c2ccncc2)cn1C(=O)OC(C)(C)C. The molecule has 0 aliphatic carbocycles. The number of carbonyl (C=O) groups is 1. The molecule has 116 valence electrons. The fourth-order valence-electron chi connectivity index (χ4n) is 1.86. The van der Waals surface area contributed by atoms with E-state index < -0.39 is 11.7 Å². The minimum atomic E-state index is -0.576. The van der Waals surface area contributed by atoms with E-state index in [1.807, 2.05) is 39.0 Å². The molecule has 0 amide bonds. The summed E-state index contributed by atoms with van der Waals surface area (Å²) in [6, 6.07) is 5.57. The lowest BCUT2D eigenvalue weighted by Crippen LogP contribution is -2.27. The van der Waals surface area contributed by atoms with Crippen molar-refractivity contribution in [1.82, 2.24) is 9.55 Å². The van der Waals surface area contributed by atoms with Gasteiger partial charge in [0.1, 0.15) is 12.7 Å². The van der Waals surface area contributed by atoms with E-state index in [0.29, 0.717) is 5.69 Å². The topological polar surface area (TPSA) is 65.7 Å². The summed E-state index contributed by atoms with van der Waals surface area (Å²) < 4.78 is 6.81. The minimum Gasteiger partial charge on any atom is -0.443 e. The molecule has 22 heavy (non-hydrogen) atoms. The average Bonchev–Trinajstić information content (AvgIpc) is 2.88. The van der Waals surface area contributed by atoms with Gasteiger partial charge in [0.25, 0.3) is 0 Å². The molecule has 0 saturated carbocycles. The summed E-state index contributed by atoms with van der Waals surface area (Å²) in [5.41, 5.74) is 1.81. The van der Waals surface area contributed by atoms with Crippen molar-refractivity contribution < 1.29 is 14.4 Å². The monoisotopic (exact) mass is 301 g/mol. The maximum absolute atomic E-state index is 12.3. The zero-order valence-corrected chi connectivity index (χ0v) is 13.1. The summed E-state index contributed by atoms with van der Waals surface area (Å²) in [6.07, 6.45) is 6.10. The van der Waals surface area contributed by atoms with Crippen LogP contribution in [-0.4, -0.2) is 34.6 Å².